The van der Waals surface area contributed by atoms with E-state index in [2.05, 4.69) is 45.0 Å². The molecule has 0 saturated heterocycles. The summed E-state index contributed by atoms with van der Waals surface area (Å²) in [7, 11) is 0. The summed E-state index contributed by atoms with van der Waals surface area (Å²) < 4.78 is 1.44. The monoisotopic (exact) mass is 285 g/mol. The molecule has 1 aromatic rings. The van der Waals surface area contributed by atoms with E-state index in [0.717, 1.165) is 25.0 Å². The summed E-state index contributed by atoms with van der Waals surface area (Å²) in [5.74, 6) is 0.736. The van der Waals surface area contributed by atoms with Crippen molar-refractivity contribution < 1.29 is 4.74 Å². The van der Waals surface area contributed by atoms with Crippen molar-refractivity contribution in [2.24, 2.45) is 5.92 Å². The molecule has 3 rings (SSSR count). The van der Waals surface area contributed by atoms with Crippen molar-refractivity contribution in [1.29, 1.82) is 0 Å². The Labute approximate surface area is 128 Å². The molecule has 2 aliphatic rings. The van der Waals surface area contributed by atoms with Crippen LogP contribution in [0.2, 0.25) is 0 Å². The molecule has 0 radical (unpaired) electrons. The molecule has 1 spiro atoms. The van der Waals surface area contributed by atoms with Crippen LogP contribution in [0.15, 0.2) is 24.3 Å². The number of hydroxylamine groups is 1. The molecule has 1 fully saturated rings. The molecule has 1 aliphatic heterocycles. The Morgan fingerprint density at radius 1 is 1.14 bits per heavy atom. The van der Waals surface area contributed by atoms with Gasteiger partial charge in [-0.2, -0.15) is 0 Å². The molecule has 114 valence electrons. The zero-order chi connectivity index (χ0) is 15.0. The average molecular weight is 285 g/mol. The van der Waals surface area contributed by atoms with Crippen LogP contribution in [-0.4, -0.2) is 16.0 Å². The van der Waals surface area contributed by atoms with Gasteiger partial charge in [0.25, 0.3) is 0 Å². The maximum atomic E-state index is 13.4. The van der Waals surface area contributed by atoms with Crippen LogP contribution in [0.4, 0.5) is 0 Å². The Morgan fingerprint density at radius 3 is 2.48 bits per heavy atom. The molecule has 1 aliphatic carbocycles. The summed E-state index contributed by atoms with van der Waals surface area (Å²) in [6, 6.07) is 8.55. The lowest BCUT2D eigenvalue weighted by atomic mass is 9.75. The highest BCUT2D eigenvalue weighted by atomic mass is 16.5. The first-order chi connectivity index (χ1) is 10.1. The lowest BCUT2D eigenvalue weighted by Crippen LogP contribution is -2.45. The molecule has 2 heteroatoms. The predicted molar refractivity (Wildman–Crippen MR) is 87.9 cm³/mol. The van der Waals surface area contributed by atoms with Crippen molar-refractivity contribution in [3.8, 4) is 0 Å². The lowest BCUT2D eigenvalue weighted by Gasteiger charge is -2.37. The fourth-order valence-electron chi connectivity index (χ4n) is 4.45. The smallest absolute Gasteiger partial charge is 0.197 e. The minimum Gasteiger partial charge on any atom is -0.623 e. The Hall–Kier alpha value is -1.31. The van der Waals surface area contributed by atoms with Gasteiger partial charge in [0.05, 0.1) is 0 Å². The highest BCUT2D eigenvalue weighted by Crippen LogP contribution is 2.42. The van der Waals surface area contributed by atoms with E-state index >= 15 is 0 Å². The van der Waals surface area contributed by atoms with Crippen LogP contribution in [-0.2, 0) is 0 Å². The van der Waals surface area contributed by atoms with Crippen molar-refractivity contribution in [2.45, 2.75) is 70.8 Å². The Kier molecular flexibility index (Phi) is 3.81. The second kappa shape index (κ2) is 5.47. The largest absolute Gasteiger partial charge is 0.623 e. The number of hydrogen-bond donors (Lipinski definition) is 0. The van der Waals surface area contributed by atoms with Crippen molar-refractivity contribution in [1.82, 2.24) is 0 Å². The molecule has 1 unspecified atom stereocenters. The maximum absolute atomic E-state index is 13.4. The summed E-state index contributed by atoms with van der Waals surface area (Å²) in [5, 5.41) is 13.4. The third kappa shape index (κ3) is 2.39. The summed E-state index contributed by atoms with van der Waals surface area (Å²) in [6.45, 7) is 6.61. The van der Waals surface area contributed by atoms with Crippen molar-refractivity contribution in [3.63, 3.8) is 0 Å². The minimum atomic E-state index is -0.156. The third-order valence-corrected chi connectivity index (χ3v) is 5.43. The molecule has 1 atom stereocenters. The fraction of sp³-hybridized carbons (Fsp3) is 0.632. The molecule has 1 heterocycles. The van der Waals surface area contributed by atoms with E-state index in [1.54, 1.807) is 0 Å². The van der Waals surface area contributed by atoms with Crippen LogP contribution in [0.1, 0.15) is 76.3 Å². The Balaban J connectivity index is 2.20. The Bertz CT molecular complexity index is 552. The molecular formula is C19H27NO. The zero-order valence-corrected chi connectivity index (χ0v) is 13.6. The average Bonchev–Trinajstić information content (AvgIpc) is 2.55. The molecule has 1 aromatic carbocycles. The second-order valence-electron chi connectivity index (χ2n) is 7.31. The van der Waals surface area contributed by atoms with Crippen LogP contribution in [0, 0.1) is 11.1 Å². The van der Waals surface area contributed by atoms with Crippen molar-refractivity contribution >= 4 is 5.71 Å². The minimum absolute atomic E-state index is 0.156. The number of rotatable bonds is 1. The molecule has 1 saturated carbocycles. The molecule has 0 bridgehead atoms. The molecule has 0 aromatic heterocycles. The van der Waals surface area contributed by atoms with E-state index in [9.17, 15) is 5.21 Å². The van der Waals surface area contributed by atoms with Crippen LogP contribution >= 0.6 is 0 Å². The summed E-state index contributed by atoms with van der Waals surface area (Å²) >= 11 is 0. The van der Waals surface area contributed by atoms with Gasteiger partial charge < -0.3 is 5.21 Å². The summed E-state index contributed by atoms with van der Waals surface area (Å²) in [5.41, 5.74) is 3.41. The SMILES string of the molecule is CC(C)C1=[N+]([O-])C2(CCCCC2)CC(C)c2ccccc21. The van der Waals surface area contributed by atoms with E-state index in [-0.39, 0.29) is 11.5 Å². The van der Waals surface area contributed by atoms with Gasteiger partial charge in [0.2, 0.25) is 0 Å². The van der Waals surface area contributed by atoms with E-state index in [0.29, 0.717) is 5.92 Å². The van der Waals surface area contributed by atoms with Crippen molar-refractivity contribution in [3.05, 3.63) is 40.6 Å². The Morgan fingerprint density at radius 2 is 1.81 bits per heavy atom. The first kappa shape index (κ1) is 14.6. The molecule has 2 nitrogen and oxygen atoms in total. The van der Waals surface area contributed by atoms with E-state index in [1.807, 2.05) is 0 Å². The summed E-state index contributed by atoms with van der Waals surface area (Å²) in [4.78, 5) is 0. The molecular weight excluding hydrogens is 258 g/mol. The summed E-state index contributed by atoms with van der Waals surface area (Å²) in [6.07, 6.45) is 6.81. The van der Waals surface area contributed by atoms with Gasteiger partial charge in [0.15, 0.2) is 11.3 Å². The third-order valence-electron chi connectivity index (χ3n) is 5.43. The maximum Gasteiger partial charge on any atom is 0.197 e. The van der Waals surface area contributed by atoms with Crippen molar-refractivity contribution in [2.75, 3.05) is 0 Å². The highest BCUT2D eigenvalue weighted by Gasteiger charge is 2.46. The molecule has 0 amide bonds. The highest BCUT2D eigenvalue weighted by molar-refractivity contribution is 6.00. The zero-order valence-electron chi connectivity index (χ0n) is 13.6. The number of fused-ring (bicyclic) bond motifs is 1. The lowest BCUT2D eigenvalue weighted by molar-refractivity contribution is -0.558. The van der Waals surface area contributed by atoms with Crippen LogP contribution in [0.3, 0.4) is 0 Å². The number of benzene rings is 1. The normalized spacial score (nSPS) is 25.0. The molecule has 0 N–H and O–H groups in total. The van der Waals surface area contributed by atoms with Crippen LogP contribution in [0.25, 0.3) is 0 Å². The standard InChI is InChI=1S/C19H27NO/c1-14(2)18-17-10-6-5-9-16(17)15(3)13-19(20(18)21)11-7-4-8-12-19/h5-6,9-10,14-15H,4,7-8,11-13H2,1-3H3. The van der Waals surface area contributed by atoms with Gasteiger partial charge in [-0.1, -0.05) is 45.4 Å². The first-order valence-electron chi connectivity index (χ1n) is 8.49. The van der Waals surface area contributed by atoms with E-state index in [4.69, 9.17) is 0 Å². The van der Waals surface area contributed by atoms with E-state index < -0.39 is 0 Å². The van der Waals surface area contributed by atoms with Gasteiger partial charge >= 0.3 is 0 Å². The first-order valence-corrected chi connectivity index (χ1v) is 8.49. The van der Waals surface area contributed by atoms with Gasteiger partial charge in [-0.15, -0.1) is 0 Å². The quantitative estimate of drug-likeness (QED) is 0.535. The van der Waals surface area contributed by atoms with Gasteiger partial charge in [-0.05, 0) is 30.4 Å². The van der Waals surface area contributed by atoms with Crippen LogP contribution < -0.4 is 0 Å². The number of hydrogen-bond acceptors (Lipinski definition) is 1. The van der Waals surface area contributed by atoms with Gasteiger partial charge in [-0.25, -0.2) is 4.74 Å². The number of nitrogens with zero attached hydrogens (tertiary/aromatic N) is 1. The van der Waals surface area contributed by atoms with Gasteiger partial charge in [0, 0.05) is 30.7 Å². The second-order valence-corrected chi connectivity index (χ2v) is 7.31. The van der Waals surface area contributed by atoms with E-state index in [1.165, 1.54) is 35.1 Å². The topological polar surface area (TPSA) is 26.1 Å². The van der Waals surface area contributed by atoms with Gasteiger partial charge in [0.1, 0.15) is 0 Å². The van der Waals surface area contributed by atoms with Gasteiger partial charge in [-0.3, -0.25) is 0 Å². The fourth-order valence-corrected chi connectivity index (χ4v) is 4.45. The predicted octanol–water partition coefficient (Wildman–Crippen LogP) is 4.85. The van der Waals surface area contributed by atoms with Crippen LogP contribution in [0.5, 0.6) is 0 Å². The molecule has 21 heavy (non-hydrogen) atoms.